The predicted octanol–water partition coefficient (Wildman–Crippen LogP) is 3.29. The first-order valence-electron chi connectivity index (χ1n) is 12.5. The zero-order chi connectivity index (χ0) is 25.9. The highest BCUT2D eigenvalue weighted by Crippen LogP contribution is 2.38. The van der Waals surface area contributed by atoms with Crippen LogP contribution in [0.15, 0.2) is 54.6 Å². The number of carbonyl (C=O) groups excluding carboxylic acids is 1. The second kappa shape index (κ2) is 11.0. The van der Waals surface area contributed by atoms with E-state index in [9.17, 15) is 21.6 Å². The van der Waals surface area contributed by atoms with E-state index in [0.717, 1.165) is 36.6 Å². The van der Waals surface area contributed by atoms with E-state index in [2.05, 4.69) is 4.72 Å². The Labute approximate surface area is 214 Å². The fourth-order valence-electron chi connectivity index (χ4n) is 5.26. The van der Waals surface area contributed by atoms with Gasteiger partial charge in [0, 0.05) is 37.3 Å². The van der Waals surface area contributed by atoms with Crippen molar-refractivity contribution in [1.82, 2.24) is 13.9 Å². The molecular formula is C26H35N3O5S2. The molecule has 0 radical (unpaired) electrons. The molecule has 8 nitrogen and oxygen atoms in total. The van der Waals surface area contributed by atoms with Crippen molar-refractivity contribution < 1.29 is 21.6 Å². The van der Waals surface area contributed by atoms with Crippen LogP contribution in [0.3, 0.4) is 0 Å². The van der Waals surface area contributed by atoms with Crippen molar-refractivity contribution >= 4 is 26.0 Å². The Morgan fingerprint density at radius 2 is 1.72 bits per heavy atom. The molecule has 0 spiro atoms. The van der Waals surface area contributed by atoms with Gasteiger partial charge in [0.25, 0.3) is 5.91 Å². The highest BCUT2D eigenvalue weighted by molar-refractivity contribution is 7.89. The van der Waals surface area contributed by atoms with E-state index in [4.69, 9.17) is 0 Å². The molecular weight excluding hydrogens is 498 g/mol. The number of rotatable bonds is 8. The number of sulfonamides is 2. The number of hydrogen-bond donors (Lipinski definition) is 1. The van der Waals surface area contributed by atoms with Gasteiger partial charge in [-0.2, -0.15) is 4.31 Å². The molecule has 0 aliphatic carbocycles. The van der Waals surface area contributed by atoms with Crippen LogP contribution in [-0.4, -0.2) is 63.4 Å². The van der Waals surface area contributed by atoms with Gasteiger partial charge in [-0.3, -0.25) is 4.79 Å². The molecule has 0 saturated carbocycles. The number of nitrogens with one attached hydrogen (secondary N) is 1. The standard InChI is InChI=1S/C26H35N3O5S2/c1-20-10-15-25(22-7-4-3-5-8-22)36(33,34)29(20)19-21-11-13-23(14-12-21)26(30)28-18-6-9-24(28)16-17-27-35(2,31)32/h3-5,7-8,11-14,20,24-25,27H,6,9-10,15-19H2,1-2H3/t20-,24?,25?/m0/s1. The average molecular weight is 534 g/mol. The van der Waals surface area contributed by atoms with Gasteiger partial charge in [0.15, 0.2) is 0 Å². The molecule has 36 heavy (non-hydrogen) atoms. The summed E-state index contributed by atoms with van der Waals surface area (Å²) in [6.45, 7) is 3.17. The van der Waals surface area contributed by atoms with E-state index < -0.39 is 25.3 Å². The number of hydrogen-bond acceptors (Lipinski definition) is 5. The van der Waals surface area contributed by atoms with Crippen molar-refractivity contribution in [2.75, 3.05) is 19.3 Å². The zero-order valence-corrected chi connectivity index (χ0v) is 22.5. The van der Waals surface area contributed by atoms with Crippen LogP contribution in [0, 0.1) is 0 Å². The number of carbonyl (C=O) groups is 1. The van der Waals surface area contributed by atoms with Crippen LogP contribution >= 0.6 is 0 Å². The first-order valence-corrected chi connectivity index (χ1v) is 15.9. The minimum absolute atomic E-state index is 0.000638. The maximum atomic E-state index is 13.5. The van der Waals surface area contributed by atoms with Crippen molar-refractivity contribution in [3.05, 3.63) is 71.3 Å². The van der Waals surface area contributed by atoms with Gasteiger partial charge in [-0.15, -0.1) is 0 Å². The summed E-state index contributed by atoms with van der Waals surface area (Å²) < 4.78 is 53.7. The third-order valence-corrected chi connectivity index (χ3v) is 10.3. The summed E-state index contributed by atoms with van der Waals surface area (Å²) in [7, 11) is -6.78. The monoisotopic (exact) mass is 533 g/mol. The van der Waals surface area contributed by atoms with Gasteiger partial charge >= 0.3 is 0 Å². The maximum absolute atomic E-state index is 13.5. The molecule has 1 N–H and O–H groups in total. The van der Waals surface area contributed by atoms with E-state index >= 15 is 0 Å². The fraction of sp³-hybridized carbons (Fsp3) is 0.500. The molecule has 2 aromatic rings. The molecule has 1 amide bonds. The molecule has 2 heterocycles. The largest absolute Gasteiger partial charge is 0.336 e. The summed E-state index contributed by atoms with van der Waals surface area (Å²) in [6.07, 6.45) is 4.84. The predicted molar refractivity (Wildman–Crippen MR) is 140 cm³/mol. The topological polar surface area (TPSA) is 104 Å². The number of likely N-dealkylation sites (tertiary alicyclic amines) is 1. The van der Waals surface area contributed by atoms with E-state index in [1.165, 1.54) is 0 Å². The third-order valence-electron chi connectivity index (χ3n) is 7.22. The van der Waals surface area contributed by atoms with Gasteiger partial charge in [0.05, 0.1) is 6.26 Å². The van der Waals surface area contributed by atoms with Crippen LogP contribution in [0.1, 0.15) is 65.8 Å². The van der Waals surface area contributed by atoms with Crippen LogP contribution in [-0.2, 0) is 26.6 Å². The van der Waals surface area contributed by atoms with Crippen molar-refractivity contribution in [3.63, 3.8) is 0 Å². The molecule has 2 aromatic carbocycles. The summed E-state index contributed by atoms with van der Waals surface area (Å²) in [5.74, 6) is -0.0773. The lowest BCUT2D eigenvalue weighted by Crippen LogP contribution is -2.44. The molecule has 4 rings (SSSR count). The fourth-order valence-corrected chi connectivity index (χ4v) is 7.95. The van der Waals surface area contributed by atoms with Gasteiger partial charge in [-0.25, -0.2) is 21.6 Å². The van der Waals surface area contributed by atoms with E-state index in [-0.39, 0.29) is 24.5 Å². The normalized spacial score (nSPS) is 24.6. The Bertz CT molecular complexity index is 1260. The van der Waals surface area contributed by atoms with Crippen LogP contribution in [0.2, 0.25) is 0 Å². The Morgan fingerprint density at radius 1 is 1.03 bits per heavy atom. The Balaban J connectivity index is 1.43. The molecule has 2 saturated heterocycles. The smallest absolute Gasteiger partial charge is 0.254 e. The van der Waals surface area contributed by atoms with Crippen molar-refractivity contribution in [3.8, 4) is 0 Å². The van der Waals surface area contributed by atoms with Crippen molar-refractivity contribution in [2.45, 2.75) is 62.9 Å². The molecule has 0 aromatic heterocycles. The van der Waals surface area contributed by atoms with Gasteiger partial charge in [-0.05, 0) is 62.3 Å². The van der Waals surface area contributed by atoms with Crippen molar-refractivity contribution in [2.24, 2.45) is 0 Å². The summed E-state index contributed by atoms with van der Waals surface area (Å²) >= 11 is 0. The van der Waals surface area contributed by atoms with Crippen LogP contribution in [0.25, 0.3) is 0 Å². The highest BCUT2D eigenvalue weighted by atomic mass is 32.2. The molecule has 0 bridgehead atoms. The summed E-state index contributed by atoms with van der Waals surface area (Å²) in [5.41, 5.74) is 2.21. The SMILES string of the molecule is C[C@H]1CCC(c2ccccc2)S(=O)(=O)N1Cc1ccc(C(=O)N2CCCC2CCNS(C)(=O)=O)cc1. The first-order chi connectivity index (χ1) is 17.1. The maximum Gasteiger partial charge on any atom is 0.254 e. The minimum Gasteiger partial charge on any atom is -0.336 e. The molecule has 196 valence electrons. The van der Waals surface area contributed by atoms with Gasteiger partial charge in [-0.1, -0.05) is 42.5 Å². The van der Waals surface area contributed by atoms with Crippen LogP contribution in [0.4, 0.5) is 0 Å². The molecule has 2 fully saturated rings. The summed E-state index contributed by atoms with van der Waals surface area (Å²) in [4.78, 5) is 15.0. The van der Waals surface area contributed by atoms with Gasteiger partial charge < -0.3 is 4.90 Å². The Morgan fingerprint density at radius 3 is 2.39 bits per heavy atom. The van der Waals surface area contributed by atoms with E-state index in [0.29, 0.717) is 31.5 Å². The van der Waals surface area contributed by atoms with E-state index in [1.54, 1.807) is 16.4 Å². The van der Waals surface area contributed by atoms with Crippen LogP contribution < -0.4 is 4.72 Å². The summed E-state index contributed by atoms with van der Waals surface area (Å²) in [6, 6.07) is 16.5. The third kappa shape index (κ3) is 6.16. The Kier molecular flexibility index (Phi) is 8.18. The lowest BCUT2D eigenvalue weighted by Gasteiger charge is -2.37. The lowest BCUT2D eigenvalue weighted by atomic mass is 10.0. The lowest BCUT2D eigenvalue weighted by molar-refractivity contribution is 0.0731. The second-order valence-electron chi connectivity index (χ2n) is 9.86. The number of amides is 1. The number of nitrogens with zero attached hydrogens (tertiary/aromatic N) is 2. The molecule has 2 aliphatic rings. The van der Waals surface area contributed by atoms with Crippen molar-refractivity contribution in [1.29, 1.82) is 0 Å². The number of benzene rings is 2. The highest BCUT2D eigenvalue weighted by Gasteiger charge is 2.40. The first kappa shape index (κ1) is 26.8. The summed E-state index contributed by atoms with van der Waals surface area (Å²) in [5, 5.41) is -0.542. The van der Waals surface area contributed by atoms with E-state index in [1.807, 2.05) is 54.3 Å². The molecule has 10 heteroatoms. The second-order valence-corrected chi connectivity index (χ2v) is 13.8. The Hall–Kier alpha value is -2.27. The molecule has 2 aliphatic heterocycles. The van der Waals surface area contributed by atoms with Gasteiger partial charge in [0.2, 0.25) is 20.0 Å². The van der Waals surface area contributed by atoms with Gasteiger partial charge in [0.1, 0.15) is 5.25 Å². The van der Waals surface area contributed by atoms with Crippen LogP contribution in [0.5, 0.6) is 0 Å². The molecule has 3 atom stereocenters. The quantitative estimate of drug-likeness (QED) is 0.561. The average Bonchev–Trinajstić information content (AvgIpc) is 3.30. The molecule has 2 unspecified atom stereocenters. The minimum atomic E-state index is -3.52. The zero-order valence-electron chi connectivity index (χ0n) is 20.8.